The Morgan fingerprint density at radius 1 is 1.00 bits per heavy atom. The van der Waals surface area contributed by atoms with E-state index in [2.05, 4.69) is 4.72 Å². The van der Waals surface area contributed by atoms with Gasteiger partial charge in [0.05, 0.1) is 23.3 Å². The summed E-state index contributed by atoms with van der Waals surface area (Å²) >= 11 is 0. The number of amides is 1. The molecule has 0 spiro atoms. The van der Waals surface area contributed by atoms with E-state index in [9.17, 15) is 17.6 Å². The third kappa shape index (κ3) is 3.93. The van der Waals surface area contributed by atoms with Gasteiger partial charge in [-0.15, -0.1) is 0 Å². The molecule has 1 N–H and O–H groups in total. The van der Waals surface area contributed by atoms with Crippen LogP contribution in [0.2, 0.25) is 0 Å². The second-order valence-corrected chi connectivity index (χ2v) is 8.37. The van der Waals surface area contributed by atoms with Gasteiger partial charge in [-0.3, -0.25) is 14.4 Å². The van der Waals surface area contributed by atoms with Crippen molar-refractivity contribution in [1.29, 1.82) is 0 Å². The first-order valence-electron chi connectivity index (χ1n) is 8.75. The molecule has 4 rings (SSSR count). The molecule has 3 aromatic carbocycles. The monoisotopic (exact) mass is 412 g/mol. The molecule has 0 radical (unpaired) electrons. The molecule has 0 aliphatic carbocycles. The summed E-state index contributed by atoms with van der Waals surface area (Å²) in [6, 6.07) is 19.2. The van der Waals surface area contributed by atoms with Crippen LogP contribution < -0.4 is 14.4 Å². The fourth-order valence-corrected chi connectivity index (χ4v) is 3.76. The highest BCUT2D eigenvalue weighted by Gasteiger charge is 2.36. The number of anilines is 3. The minimum atomic E-state index is -3.49. The molecule has 0 bridgehead atoms. The zero-order valence-corrected chi connectivity index (χ0v) is 16.2. The lowest BCUT2D eigenvalue weighted by atomic mass is 10.0. The molecule has 0 aromatic heterocycles. The predicted octanol–water partition coefficient (Wildman–Crippen LogP) is 4.00. The van der Waals surface area contributed by atoms with E-state index in [1.807, 2.05) is 6.07 Å². The lowest BCUT2D eigenvalue weighted by molar-refractivity contribution is -0.125. The van der Waals surface area contributed by atoms with Crippen molar-refractivity contribution in [2.24, 2.45) is 0 Å². The summed E-state index contributed by atoms with van der Waals surface area (Å²) in [5.74, 6) is -0.551. The van der Waals surface area contributed by atoms with Gasteiger partial charge in [0.2, 0.25) is 16.1 Å². The van der Waals surface area contributed by atoms with Gasteiger partial charge in [-0.05, 0) is 30.3 Å². The van der Waals surface area contributed by atoms with Crippen molar-refractivity contribution in [2.45, 2.75) is 6.10 Å². The predicted molar refractivity (Wildman–Crippen MR) is 108 cm³/mol. The summed E-state index contributed by atoms with van der Waals surface area (Å²) < 4.78 is 45.3. The number of carbonyl (C=O) groups excluding carboxylic acids is 1. The van der Waals surface area contributed by atoms with Crippen molar-refractivity contribution < 1.29 is 22.3 Å². The Morgan fingerprint density at radius 2 is 1.76 bits per heavy atom. The maximum Gasteiger partial charge on any atom is 0.277 e. The van der Waals surface area contributed by atoms with Crippen LogP contribution >= 0.6 is 0 Å². The Kier molecular flexibility index (Phi) is 4.71. The largest absolute Gasteiger partial charge is 0.474 e. The van der Waals surface area contributed by atoms with E-state index in [1.165, 1.54) is 35.2 Å². The number of fused-ring (bicyclic) bond motifs is 1. The number of carbonyl (C=O) groups is 1. The Labute approximate surface area is 167 Å². The van der Waals surface area contributed by atoms with Gasteiger partial charge in [-0.1, -0.05) is 36.4 Å². The smallest absolute Gasteiger partial charge is 0.277 e. The number of rotatable bonds is 4. The van der Waals surface area contributed by atoms with Gasteiger partial charge in [0, 0.05) is 11.6 Å². The average Bonchev–Trinajstić information content (AvgIpc) is 2.67. The lowest BCUT2D eigenvalue weighted by Gasteiger charge is -2.34. The second kappa shape index (κ2) is 7.21. The van der Waals surface area contributed by atoms with Crippen molar-refractivity contribution in [3.05, 3.63) is 84.2 Å². The number of benzene rings is 3. The number of hydrogen-bond donors (Lipinski definition) is 1. The van der Waals surface area contributed by atoms with Crippen LogP contribution in [0.4, 0.5) is 21.5 Å². The third-order valence-electron chi connectivity index (χ3n) is 4.36. The molecule has 0 saturated heterocycles. The van der Waals surface area contributed by atoms with E-state index in [4.69, 9.17) is 4.74 Å². The average molecular weight is 412 g/mol. The van der Waals surface area contributed by atoms with Gasteiger partial charge < -0.3 is 4.74 Å². The summed E-state index contributed by atoms with van der Waals surface area (Å²) in [4.78, 5) is 14.7. The summed E-state index contributed by atoms with van der Waals surface area (Å²) in [5, 5.41) is 0. The molecule has 6 nitrogen and oxygen atoms in total. The molecule has 1 amide bonds. The standard InChI is InChI=1S/C21H17FN2O4S/c1-29(26,27)23-16-10-11-18-19(13-16)28-20(14-6-3-2-4-7-14)21(25)24(18)17-9-5-8-15(22)12-17/h2-13,20,23H,1H3. The summed E-state index contributed by atoms with van der Waals surface area (Å²) in [5.41, 5.74) is 1.67. The lowest BCUT2D eigenvalue weighted by Crippen LogP contribution is -2.38. The summed E-state index contributed by atoms with van der Waals surface area (Å²) in [6.45, 7) is 0. The number of sulfonamides is 1. The van der Waals surface area contributed by atoms with E-state index < -0.39 is 21.9 Å². The first-order valence-corrected chi connectivity index (χ1v) is 10.6. The number of nitrogens with zero attached hydrogens (tertiary/aromatic N) is 1. The maximum atomic E-state index is 13.8. The quantitative estimate of drug-likeness (QED) is 0.703. The molecule has 3 aromatic rings. The van der Waals surface area contributed by atoms with Crippen molar-refractivity contribution >= 4 is 33.0 Å². The molecule has 1 aliphatic rings. The number of halogens is 1. The molecule has 8 heteroatoms. The fourth-order valence-electron chi connectivity index (χ4n) is 3.20. The third-order valence-corrected chi connectivity index (χ3v) is 4.97. The van der Waals surface area contributed by atoms with Crippen molar-refractivity contribution in [3.8, 4) is 5.75 Å². The van der Waals surface area contributed by atoms with Crippen LogP contribution in [0.15, 0.2) is 72.8 Å². The Morgan fingerprint density at radius 3 is 2.45 bits per heavy atom. The zero-order valence-electron chi connectivity index (χ0n) is 15.4. The molecule has 29 heavy (non-hydrogen) atoms. The SMILES string of the molecule is CS(=O)(=O)Nc1ccc2c(c1)OC(c1ccccc1)C(=O)N2c1cccc(F)c1. The minimum Gasteiger partial charge on any atom is -0.474 e. The van der Waals surface area contributed by atoms with Crippen molar-refractivity contribution in [1.82, 2.24) is 0 Å². The Hall–Kier alpha value is -3.39. The van der Waals surface area contributed by atoms with Crippen LogP contribution in [0.3, 0.4) is 0 Å². The highest BCUT2D eigenvalue weighted by Crippen LogP contribution is 2.44. The van der Waals surface area contributed by atoms with Gasteiger partial charge in [0.1, 0.15) is 11.6 Å². The highest BCUT2D eigenvalue weighted by atomic mass is 32.2. The van der Waals surface area contributed by atoms with Crippen LogP contribution in [-0.2, 0) is 14.8 Å². The van der Waals surface area contributed by atoms with E-state index >= 15 is 0 Å². The Balaban J connectivity index is 1.85. The molecule has 1 atom stereocenters. The first kappa shape index (κ1) is 18.9. The van der Waals surface area contributed by atoms with Crippen LogP contribution in [0.1, 0.15) is 11.7 Å². The van der Waals surface area contributed by atoms with E-state index in [0.717, 1.165) is 6.26 Å². The number of ether oxygens (including phenoxy) is 1. The molecule has 1 heterocycles. The topological polar surface area (TPSA) is 75.7 Å². The van der Waals surface area contributed by atoms with Gasteiger partial charge in [-0.2, -0.15) is 0 Å². The van der Waals surface area contributed by atoms with Crippen molar-refractivity contribution in [2.75, 3.05) is 15.9 Å². The fraction of sp³-hybridized carbons (Fsp3) is 0.0952. The van der Waals surface area contributed by atoms with Crippen LogP contribution in [0, 0.1) is 5.82 Å². The minimum absolute atomic E-state index is 0.298. The maximum absolute atomic E-state index is 13.8. The molecular weight excluding hydrogens is 395 g/mol. The highest BCUT2D eigenvalue weighted by molar-refractivity contribution is 7.92. The molecule has 1 aliphatic heterocycles. The van der Waals surface area contributed by atoms with Crippen LogP contribution in [0.25, 0.3) is 0 Å². The van der Waals surface area contributed by atoms with Crippen molar-refractivity contribution in [3.63, 3.8) is 0 Å². The molecule has 0 fully saturated rings. The molecular formula is C21H17FN2O4S. The number of hydrogen-bond acceptors (Lipinski definition) is 4. The normalized spacial score (nSPS) is 16.1. The Bertz CT molecular complexity index is 1180. The molecule has 1 unspecified atom stereocenters. The van der Waals surface area contributed by atoms with Crippen LogP contribution in [0.5, 0.6) is 5.75 Å². The first-order chi connectivity index (χ1) is 13.8. The van der Waals surface area contributed by atoms with Gasteiger partial charge in [0.15, 0.2) is 0 Å². The van der Waals surface area contributed by atoms with Gasteiger partial charge in [-0.25, -0.2) is 12.8 Å². The molecule has 148 valence electrons. The van der Waals surface area contributed by atoms with Gasteiger partial charge in [0.25, 0.3) is 5.91 Å². The molecule has 0 saturated carbocycles. The van der Waals surface area contributed by atoms with E-state index in [1.54, 1.807) is 36.4 Å². The zero-order chi connectivity index (χ0) is 20.6. The second-order valence-electron chi connectivity index (χ2n) is 6.62. The van der Waals surface area contributed by atoms with Crippen LogP contribution in [-0.4, -0.2) is 20.6 Å². The summed E-state index contributed by atoms with van der Waals surface area (Å²) in [6.07, 6.45) is 0.0864. The van der Waals surface area contributed by atoms with Gasteiger partial charge >= 0.3 is 0 Å². The van der Waals surface area contributed by atoms with E-state index in [0.29, 0.717) is 28.4 Å². The number of nitrogens with one attached hydrogen (secondary N) is 1. The summed E-state index contributed by atoms with van der Waals surface area (Å²) in [7, 11) is -3.49. The van der Waals surface area contributed by atoms with E-state index in [-0.39, 0.29) is 5.91 Å².